The number of rotatable bonds is 2. The minimum absolute atomic E-state index is 0.130. The van der Waals surface area contributed by atoms with Gasteiger partial charge in [-0.05, 0) is 30.5 Å². The predicted molar refractivity (Wildman–Crippen MR) is 54.6 cm³/mol. The monoisotopic (exact) mass is 208 g/mol. The summed E-state index contributed by atoms with van der Waals surface area (Å²) in [6, 6.07) is 4.50. The molecule has 1 saturated carbocycles. The van der Waals surface area contributed by atoms with E-state index in [0.717, 1.165) is 18.4 Å². The average molecular weight is 208 g/mol. The Morgan fingerprint density at radius 1 is 1.40 bits per heavy atom. The van der Waals surface area contributed by atoms with Crippen molar-refractivity contribution in [1.29, 1.82) is 0 Å². The van der Waals surface area contributed by atoms with Crippen LogP contribution in [0.1, 0.15) is 30.7 Å². The van der Waals surface area contributed by atoms with Crippen LogP contribution in [0.2, 0.25) is 0 Å². The highest BCUT2D eigenvalue weighted by Gasteiger charge is 2.26. The zero-order chi connectivity index (χ0) is 10.8. The molecule has 1 aromatic carbocycles. The van der Waals surface area contributed by atoms with Crippen LogP contribution in [0.4, 0.5) is 4.39 Å². The van der Waals surface area contributed by atoms with Crippen LogP contribution < -0.4 is 4.74 Å². The van der Waals surface area contributed by atoms with Gasteiger partial charge in [-0.3, -0.25) is 4.79 Å². The molecule has 15 heavy (non-hydrogen) atoms. The highest BCUT2D eigenvalue weighted by atomic mass is 19.1. The molecule has 2 rings (SSSR count). The molecular formula is C12H13FO2. The van der Waals surface area contributed by atoms with Gasteiger partial charge in [-0.25, -0.2) is 4.39 Å². The van der Waals surface area contributed by atoms with E-state index >= 15 is 0 Å². The van der Waals surface area contributed by atoms with Gasteiger partial charge in [0.15, 0.2) is 0 Å². The number of benzene rings is 1. The molecule has 0 amide bonds. The van der Waals surface area contributed by atoms with Crippen molar-refractivity contribution in [1.82, 2.24) is 0 Å². The summed E-state index contributed by atoms with van der Waals surface area (Å²) in [5.74, 6) is 0.214. The molecule has 80 valence electrons. The third kappa shape index (κ3) is 2.01. The molecular weight excluding hydrogens is 195 g/mol. The second-order valence-corrected chi connectivity index (χ2v) is 3.84. The molecule has 0 aromatic heterocycles. The molecule has 3 heteroatoms. The van der Waals surface area contributed by atoms with Gasteiger partial charge in [0.2, 0.25) is 0 Å². The van der Waals surface area contributed by atoms with E-state index in [-0.39, 0.29) is 17.5 Å². The summed E-state index contributed by atoms with van der Waals surface area (Å²) in [5, 5.41) is 0. The van der Waals surface area contributed by atoms with Crippen molar-refractivity contribution in [3.63, 3.8) is 0 Å². The van der Waals surface area contributed by atoms with Gasteiger partial charge in [0.25, 0.3) is 0 Å². The summed E-state index contributed by atoms with van der Waals surface area (Å²) < 4.78 is 18.2. The largest absolute Gasteiger partial charge is 0.497 e. The molecule has 0 spiro atoms. The summed E-state index contributed by atoms with van der Waals surface area (Å²) in [4.78, 5) is 11.5. The molecule has 2 nitrogen and oxygen atoms in total. The number of carbonyl (C=O) groups is 1. The van der Waals surface area contributed by atoms with Gasteiger partial charge in [-0.2, -0.15) is 0 Å². The molecule has 1 aromatic rings. The summed E-state index contributed by atoms with van der Waals surface area (Å²) in [6.07, 6.45) is 2.34. The smallest absolute Gasteiger partial charge is 0.140 e. The Bertz CT molecular complexity index is 387. The van der Waals surface area contributed by atoms with Crippen molar-refractivity contribution in [3.8, 4) is 5.75 Å². The van der Waals surface area contributed by atoms with Crippen LogP contribution in [0.3, 0.4) is 0 Å². The SMILES string of the molecule is COc1cc(F)cc(C2CCCC2=O)c1. The number of hydrogen-bond acceptors (Lipinski definition) is 2. The molecule has 1 aliphatic rings. The topological polar surface area (TPSA) is 26.3 Å². The van der Waals surface area contributed by atoms with Gasteiger partial charge >= 0.3 is 0 Å². The van der Waals surface area contributed by atoms with E-state index in [4.69, 9.17) is 4.74 Å². The third-order valence-corrected chi connectivity index (χ3v) is 2.84. The van der Waals surface area contributed by atoms with Gasteiger partial charge in [-0.15, -0.1) is 0 Å². The zero-order valence-electron chi connectivity index (χ0n) is 8.63. The van der Waals surface area contributed by atoms with Crippen molar-refractivity contribution in [2.24, 2.45) is 0 Å². The van der Waals surface area contributed by atoms with E-state index in [0.29, 0.717) is 12.2 Å². The van der Waals surface area contributed by atoms with Crippen LogP contribution in [-0.4, -0.2) is 12.9 Å². The normalized spacial score (nSPS) is 20.7. The fraction of sp³-hybridized carbons (Fsp3) is 0.417. The third-order valence-electron chi connectivity index (χ3n) is 2.84. The Balaban J connectivity index is 2.34. The van der Waals surface area contributed by atoms with Crippen molar-refractivity contribution >= 4 is 5.78 Å². The quantitative estimate of drug-likeness (QED) is 0.746. The fourth-order valence-electron chi connectivity index (χ4n) is 2.07. The Labute approximate surface area is 88.1 Å². The highest BCUT2D eigenvalue weighted by molar-refractivity contribution is 5.87. The van der Waals surface area contributed by atoms with Crippen LogP contribution in [0, 0.1) is 5.82 Å². The van der Waals surface area contributed by atoms with Crippen LogP contribution in [0.25, 0.3) is 0 Å². The number of carbonyl (C=O) groups excluding carboxylic acids is 1. The maximum Gasteiger partial charge on any atom is 0.140 e. The molecule has 0 heterocycles. The molecule has 1 aliphatic carbocycles. The van der Waals surface area contributed by atoms with E-state index < -0.39 is 0 Å². The van der Waals surface area contributed by atoms with E-state index in [1.165, 1.54) is 19.2 Å². The van der Waals surface area contributed by atoms with Gasteiger partial charge < -0.3 is 4.74 Å². The van der Waals surface area contributed by atoms with Gasteiger partial charge in [0.05, 0.1) is 7.11 Å². The van der Waals surface area contributed by atoms with E-state index in [2.05, 4.69) is 0 Å². The Kier molecular flexibility index (Phi) is 2.71. The van der Waals surface area contributed by atoms with Gasteiger partial charge in [-0.1, -0.05) is 0 Å². The Morgan fingerprint density at radius 3 is 2.80 bits per heavy atom. The number of halogens is 1. The number of ether oxygens (including phenoxy) is 1. The lowest BCUT2D eigenvalue weighted by Gasteiger charge is -2.10. The van der Waals surface area contributed by atoms with E-state index in [1.807, 2.05) is 0 Å². The number of hydrogen-bond donors (Lipinski definition) is 0. The first-order valence-corrected chi connectivity index (χ1v) is 5.08. The number of Topliss-reactive ketones (excluding diaryl/α,β-unsaturated/α-hetero) is 1. The highest BCUT2D eigenvalue weighted by Crippen LogP contribution is 2.33. The van der Waals surface area contributed by atoms with Crippen LogP contribution in [0.15, 0.2) is 18.2 Å². The van der Waals surface area contributed by atoms with Gasteiger partial charge in [0, 0.05) is 18.4 Å². The molecule has 1 atom stereocenters. The average Bonchev–Trinajstić information content (AvgIpc) is 2.63. The molecule has 0 saturated heterocycles. The Hall–Kier alpha value is -1.38. The van der Waals surface area contributed by atoms with Crippen molar-refractivity contribution < 1.29 is 13.9 Å². The predicted octanol–water partition coefficient (Wildman–Crippen LogP) is 2.67. The first kappa shape index (κ1) is 10.1. The Morgan fingerprint density at radius 2 is 2.20 bits per heavy atom. The van der Waals surface area contributed by atoms with Gasteiger partial charge in [0.1, 0.15) is 17.3 Å². The maximum atomic E-state index is 13.2. The number of methoxy groups -OCH3 is 1. The summed E-state index contributed by atoms with van der Waals surface area (Å²) in [7, 11) is 1.50. The summed E-state index contributed by atoms with van der Waals surface area (Å²) in [5.41, 5.74) is 0.745. The molecule has 0 bridgehead atoms. The van der Waals surface area contributed by atoms with Crippen LogP contribution in [-0.2, 0) is 4.79 Å². The van der Waals surface area contributed by atoms with Crippen molar-refractivity contribution in [2.45, 2.75) is 25.2 Å². The second kappa shape index (κ2) is 4.01. The lowest BCUT2D eigenvalue weighted by atomic mass is 9.96. The van der Waals surface area contributed by atoms with Crippen molar-refractivity contribution in [3.05, 3.63) is 29.6 Å². The first-order chi connectivity index (χ1) is 7.20. The summed E-state index contributed by atoms with van der Waals surface area (Å²) in [6.45, 7) is 0. The summed E-state index contributed by atoms with van der Waals surface area (Å²) >= 11 is 0. The zero-order valence-corrected chi connectivity index (χ0v) is 8.63. The molecule has 1 fully saturated rings. The number of ketones is 1. The van der Waals surface area contributed by atoms with E-state index in [1.54, 1.807) is 6.07 Å². The maximum absolute atomic E-state index is 13.2. The molecule has 0 aliphatic heterocycles. The minimum atomic E-state index is -0.343. The van der Waals surface area contributed by atoms with Crippen LogP contribution in [0.5, 0.6) is 5.75 Å². The lowest BCUT2D eigenvalue weighted by molar-refractivity contribution is -0.118. The fourth-order valence-corrected chi connectivity index (χ4v) is 2.07. The lowest BCUT2D eigenvalue weighted by Crippen LogP contribution is -2.04. The first-order valence-electron chi connectivity index (χ1n) is 5.08. The molecule has 1 unspecified atom stereocenters. The molecule has 0 N–H and O–H groups in total. The van der Waals surface area contributed by atoms with Crippen molar-refractivity contribution in [2.75, 3.05) is 7.11 Å². The standard InChI is InChI=1S/C12H13FO2/c1-15-10-6-8(5-9(13)7-10)11-3-2-4-12(11)14/h5-7,11H,2-4H2,1H3. The minimum Gasteiger partial charge on any atom is -0.497 e. The molecule has 0 radical (unpaired) electrons. The second-order valence-electron chi connectivity index (χ2n) is 3.84. The van der Waals surface area contributed by atoms with Crippen LogP contribution >= 0.6 is 0 Å². The van der Waals surface area contributed by atoms with E-state index in [9.17, 15) is 9.18 Å².